The van der Waals surface area contributed by atoms with Crippen molar-refractivity contribution in [3.63, 3.8) is 0 Å². The SMILES string of the molecule is CCCNC(c1cccc(Cl)c1C)C(C)(C)C. The van der Waals surface area contributed by atoms with E-state index in [9.17, 15) is 0 Å². The highest BCUT2D eigenvalue weighted by molar-refractivity contribution is 6.31. The number of hydrogen-bond acceptors (Lipinski definition) is 1. The van der Waals surface area contributed by atoms with Gasteiger partial charge in [-0.15, -0.1) is 0 Å². The molecule has 1 atom stereocenters. The molecule has 0 aliphatic rings. The van der Waals surface area contributed by atoms with Crippen LogP contribution in [0.3, 0.4) is 0 Å². The minimum Gasteiger partial charge on any atom is -0.309 e. The zero-order valence-electron chi connectivity index (χ0n) is 11.6. The average Bonchev–Trinajstić information content (AvgIpc) is 2.22. The molecule has 2 heteroatoms. The van der Waals surface area contributed by atoms with Gasteiger partial charge < -0.3 is 5.32 Å². The molecule has 0 amide bonds. The number of hydrogen-bond donors (Lipinski definition) is 1. The third kappa shape index (κ3) is 3.72. The van der Waals surface area contributed by atoms with Crippen molar-refractivity contribution in [2.75, 3.05) is 6.54 Å². The van der Waals surface area contributed by atoms with E-state index in [1.54, 1.807) is 0 Å². The van der Waals surface area contributed by atoms with Crippen LogP contribution in [-0.2, 0) is 0 Å². The molecule has 0 radical (unpaired) electrons. The van der Waals surface area contributed by atoms with Crippen LogP contribution in [0.4, 0.5) is 0 Å². The van der Waals surface area contributed by atoms with Gasteiger partial charge in [-0.1, -0.05) is 51.4 Å². The van der Waals surface area contributed by atoms with Crippen molar-refractivity contribution >= 4 is 11.6 Å². The van der Waals surface area contributed by atoms with Gasteiger partial charge in [0, 0.05) is 11.1 Å². The second kappa shape index (κ2) is 5.88. The van der Waals surface area contributed by atoms with Crippen LogP contribution in [0.25, 0.3) is 0 Å². The maximum atomic E-state index is 6.21. The monoisotopic (exact) mass is 253 g/mol. The second-order valence-corrected chi connectivity index (χ2v) is 6.11. The molecule has 0 saturated carbocycles. The maximum absolute atomic E-state index is 6.21. The largest absolute Gasteiger partial charge is 0.309 e. The van der Waals surface area contributed by atoms with Crippen LogP contribution in [-0.4, -0.2) is 6.54 Å². The van der Waals surface area contributed by atoms with Crippen molar-refractivity contribution < 1.29 is 0 Å². The zero-order chi connectivity index (χ0) is 13.1. The smallest absolute Gasteiger partial charge is 0.0438 e. The predicted octanol–water partition coefficient (Wildman–Crippen LogP) is 4.74. The molecule has 0 aliphatic heterocycles. The number of nitrogens with one attached hydrogen (secondary N) is 1. The molecule has 0 heterocycles. The Kier molecular flexibility index (Phi) is 5.03. The molecule has 1 aromatic rings. The van der Waals surface area contributed by atoms with E-state index in [4.69, 9.17) is 11.6 Å². The molecule has 0 spiro atoms. The highest BCUT2D eigenvalue weighted by Gasteiger charge is 2.27. The van der Waals surface area contributed by atoms with Crippen molar-refractivity contribution in [2.45, 2.75) is 47.1 Å². The summed E-state index contributed by atoms with van der Waals surface area (Å²) in [5.41, 5.74) is 2.70. The second-order valence-electron chi connectivity index (χ2n) is 5.71. The van der Waals surface area contributed by atoms with E-state index < -0.39 is 0 Å². The summed E-state index contributed by atoms with van der Waals surface area (Å²) in [6.45, 7) is 12.1. The lowest BCUT2D eigenvalue weighted by Gasteiger charge is -2.33. The highest BCUT2D eigenvalue weighted by atomic mass is 35.5. The lowest BCUT2D eigenvalue weighted by atomic mass is 9.81. The molecule has 17 heavy (non-hydrogen) atoms. The first-order valence-electron chi connectivity index (χ1n) is 6.36. The maximum Gasteiger partial charge on any atom is 0.0438 e. The minimum absolute atomic E-state index is 0.185. The fourth-order valence-electron chi connectivity index (χ4n) is 2.11. The fraction of sp³-hybridized carbons (Fsp3) is 0.600. The van der Waals surface area contributed by atoms with E-state index in [0.717, 1.165) is 18.0 Å². The summed E-state index contributed by atoms with van der Waals surface area (Å²) >= 11 is 6.21. The molecule has 96 valence electrons. The van der Waals surface area contributed by atoms with Crippen LogP contribution in [0.5, 0.6) is 0 Å². The van der Waals surface area contributed by atoms with Gasteiger partial charge in [0.25, 0.3) is 0 Å². The molecule has 1 aromatic carbocycles. The summed E-state index contributed by atoms with van der Waals surface area (Å²) in [5.74, 6) is 0. The van der Waals surface area contributed by atoms with Crippen LogP contribution < -0.4 is 5.32 Å². The average molecular weight is 254 g/mol. The summed E-state index contributed by atoms with van der Waals surface area (Å²) in [7, 11) is 0. The van der Waals surface area contributed by atoms with Crippen molar-refractivity contribution in [3.05, 3.63) is 34.3 Å². The van der Waals surface area contributed by atoms with Gasteiger partial charge in [0.1, 0.15) is 0 Å². The predicted molar refractivity (Wildman–Crippen MR) is 76.7 cm³/mol. The van der Waals surface area contributed by atoms with Gasteiger partial charge in [-0.05, 0) is 42.5 Å². The quantitative estimate of drug-likeness (QED) is 0.818. The third-order valence-electron chi connectivity index (χ3n) is 3.09. The molecule has 1 N–H and O–H groups in total. The van der Waals surface area contributed by atoms with E-state index >= 15 is 0 Å². The Hall–Kier alpha value is -0.530. The van der Waals surface area contributed by atoms with Gasteiger partial charge >= 0.3 is 0 Å². The minimum atomic E-state index is 0.185. The van der Waals surface area contributed by atoms with Crippen LogP contribution in [0.15, 0.2) is 18.2 Å². The summed E-state index contributed by atoms with van der Waals surface area (Å²) in [5, 5.41) is 4.49. The first-order chi connectivity index (χ1) is 7.88. The molecular weight excluding hydrogens is 230 g/mol. The summed E-state index contributed by atoms with van der Waals surface area (Å²) < 4.78 is 0. The Morgan fingerprint density at radius 3 is 2.47 bits per heavy atom. The Balaban J connectivity index is 3.09. The lowest BCUT2D eigenvalue weighted by Crippen LogP contribution is -2.33. The molecule has 1 rings (SSSR count). The normalized spacial score (nSPS) is 13.8. The number of rotatable bonds is 4. The van der Waals surface area contributed by atoms with Gasteiger partial charge in [0.2, 0.25) is 0 Å². The topological polar surface area (TPSA) is 12.0 Å². The first-order valence-corrected chi connectivity index (χ1v) is 6.74. The fourth-order valence-corrected chi connectivity index (χ4v) is 2.29. The molecule has 0 fully saturated rings. The van der Waals surface area contributed by atoms with Crippen molar-refractivity contribution in [3.8, 4) is 0 Å². The lowest BCUT2D eigenvalue weighted by molar-refractivity contribution is 0.272. The Morgan fingerprint density at radius 2 is 1.94 bits per heavy atom. The van der Waals surface area contributed by atoms with Gasteiger partial charge in [-0.25, -0.2) is 0 Å². The highest BCUT2D eigenvalue weighted by Crippen LogP contribution is 2.36. The van der Waals surface area contributed by atoms with E-state index in [1.807, 2.05) is 12.1 Å². The molecule has 1 nitrogen and oxygen atoms in total. The molecule has 0 aliphatic carbocycles. The van der Waals surface area contributed by atoms with Gasteiger partial charge in [-0.3, -0.25) is 0 Å². The third-order valence-corrected chi connectivity index (χ3v) is 3.49. The summed E-state index contributed by atoms with van der Waals surface area (Å²) in [6, 6.07) is 6.53. The van der Waals surface area contributed by atoms with Crippen LogP contribution >= 0.6 is 11.6 Å². The van der Waals surface area contributed by atoms with Crippen molar-refractivity contribution in [2.24, 2.45) is 5.41 Å². The summed E-state index contributed by atoms with van der Waals surface area (Å²) in [4.78, 5) is 0. The molecule has 0 aromatic heterocycles. The van der Waals surface area contributed by atoms with Crippen molar-refractivity contribution in [1.29, 1.82) is 0 Å². The zero-order valence-corrected chi connectivity index (χ0v) is 12.4. The van der Waals surface area contributed by atoms with Gasteiger partial charge in [0.05, 0.1) is 0 Å². The van der Waals surface area contributed by atoms with Crippen LogP contribution in [0.1, 0.15) is 51.3 Å². The molecule has 1 unspecified atom stereocenters. The Bertz CT molecular complexity index is 366. The van der Waals surface area contributed by atoms with Gasteiger partial charge in [0.15, 0.2) is 0 Å². The van der Waals surface area contributed by atoms with Crippen LogP contribution in [0, 0.1) is 12.3 Å². The van der Waals surface area contributed by atoms with Gasteiger partial charge in [-0.2, -0.15) is 0 Å². The number of benzene rings is 1. The molecule has 0 saturated heterocycles. The van der Waals surface area contributed by atoms with E-state index in [0.29, 0.717) is 6.04 Å². The first kappa shape index (κ1) is 14.5. The Labute approximate surface area is 111 Å². The van der Waals surface area contributed by atoms with Crippen molar-refractivity contribution in [1.82, 2.24) is 5.32 Å². The van der Waals surface area contributed by atoms with E-state index in [1.165, 1.54) is 11.1 Å². The Morgan fingerprint density at radius 1 is 1.29 bits per heavy atom. The molecular formula is C15H24ClN. The van der Waals surface area contributed by atoms with E-state index in [-0.39, 0.29) is 5.41 Å². The van der Waals surface area contributed by atoms with Crippen LogP contribution in [0.2, 0.25) is 5.02 Å². The standard InChI is InChI=1S/C15H24ClN/c1-6-10-17-14(15(3,4)5)12-8-7-9-13(16)11(12)2/h7-9,14,17H,6,10H2,1-5H3. The van der Waals surface area contributed by atoms with E-state index in [2.05, 4.69) is 46.0 Å². The number of halogens is 1. The summed E-state index contributed by atoms with van der Waals surface area (Å²) in [6.07, 6.45) is 1.15. The molecule has 0 bridgehead atoms.